The molecule has 0 radical (unpaired) electrons. The topological polar surface area (TPSA) is 62.6 Å². The minimum absolute atomic E-state index is 0.130. The Hall–Kier alpha value is -3.18. The number of rotatable bonds is 8. The van der Waals surface area contributed by atoms with Gasteiger partial charge in [0.05, 0.1) is 31.6 Å². The zero-order chi connectivity index (χ0) is 25.3. The van der Waals surface area contributed by atoms with Crippen molar-refractivity contribution in [2.45, 2.75) is 12.0 Å². The summed E-state index contributed by atoms with van der Waals surface area (Å²) in [6, 6.07) is 8.42. The summed E-state index contributed by atoms with van der Waals surface area (Å²) in [4.78, 5) is 15.0. The molecule has 186 valence electrons. The van der Waals surface area contributed by atoms with Crippen molar-refractivity contribution in [3.8, 4) is 5.75 Å². The van der Waals surface area contributed by atoms with E-state index in [0.29, 0.717) is 30.2 Å². The Morgan fingerprint density at radius 1 is 1.23 bits per heavy atom. The molecular formula is C24H26F3N5O2S. The third-order valence-electron chi connectivity index (χ3n) is 6.09. The molecule has 0 bridgehead atoms. The van der Waals surface area contributed by atoms with Gasteiger partial charge in [-0.1, -0.05) is 24.1 Å². The fourth-order valence-corrected chi connectivity index (χ4v) is 4.46. The molecule has 0 aliphatic carbocycles. The number of methoxy groups -OCH3 is 1. The number of fused-ring (bicyclic) bond motifs is 1. The summed E-state index contributed by atoms with van der Waals surface area (Å²) in [5.74, 6) is -4.62. The van der Waals surface area contributed by atoms with Crippen LogP contribution in [-0.2, 0) is 5.92 Å². The molecule has 1 amide bonds. The van der Waals surface area contributed by atoms with E-state index in [-0.39, 0.29) is 28.8 Å². The average molecular weight is 506 g/mol. The zero-order valence-corrected chi connectivity index (χ0v) is 20.6. The molecular weight excluding hydrogens is 479 g/mol. The molecule has 1 N–H and O–H groups in total. The Morgan fingerprint density at radius 2 is 1.91 bits per heavy atom. The lowest BCUT2D eigenvalue weighted by molar-refractivity contribution is 0.0425. The van der Waals surface area contributed by atoms with E-state index in [2.05, 4.69) is 10.4 Å². The molecule has 0 saturated heterocycles. The van der Waals surface area contributed by atoms with Gasteiger partial charge in [-0.05, 0) is 43.6 Å². The van der Waals surface area contributed by atoms with Crippen LogP contribution < -0.4 is 15.0 Å². The highest BCUT2D eigenvalue weighted by Gasteiger charge is 2.37. The number of nitrogens with one attached hydrogen (secondary N) is 1. The lowest BCUT2D eigenvalue weighted by atomic mass is 9.99. The highest BCUT2D eigenvalue weighted by atomic mass is 32.2. The number of alkyl halides is 2. The second-order valence-electron chi connectivity index (χ2n) is 8.13. The number of benzene rings is 2. The standard InChI is InChI=1S/C24H26F3N5O2S/c1-28-20-12-29-32-18(13-30(2)35-4)14-31(23(33)22(20)32)17-8-5-15(6-9-17)24(26,27)16-7-10-19(25)21(11-16)34-3/h5-12,18,28H,13-14H2,1-4H3. The number of ether oxygens (including phenoxy) is 1. The monoisotopic (exact) mass is 505 g/mol. The third kappa shape index (κ3) is 4.57. The molecule has 35 heavy (non-hydrogen) atoms. The van der Waals surface area contributed by atoms with Crippen molar-refractivity contribution < 1.29 is 22.7 Å². The number of nitrogens with zero attached hydrogens (tertiary/aromatic N) is 4. The summed E-state index contributed by atoms with van der Waals surface area (Å²) >= 11 is 1.57. The highest BCUT2D eigenvalue weighted by molar-refractivity contribution is 7.96. The Bertz CT molecular complexity index is 1220. The van der Waals surface area contributed by atoms with Crippen molar-refractivity contribution in [3.63, 3.8) is 0 Å². The number of carbonyl (C=O) groups is 1. The maximum absolute atomic E-state index is 15.2. The van der Waals surface area contributed by atoms with Crippen molar-refractivity contribution in [3.05, 3.63) is 71.3 Å². The van der Waals surface area contributed by atoms with Gasteiger partial charge < -0.3 is 15.0 Å². The first-order chi connectivity index (χ1) is 16.7. The number of hydrogen-bond acceptors (Lipinski definition) is 6. The average Bonchev–Trinajstić information content (AvgIpc) is 3.31. The van der Waals surface area contributed by atoms with Crippen LogP contribution in [0.5, 0.6) is 5.75 Å². The summed E-state index contributed by atoms with van der Waals surface area (Å²) in [5, 5.41) is 7.41. The molecule has 3 aromatic rings. The van der Waals surface area contributed by atoms with Crippen LogP contribution in [0.25, 0.3) is 0 Å². The third-order valence-corrected chi connectivity index (χ3v) is 6.86. The Balaban J connectivity index is 1.66. The summed E-state index contributed by atoms with van der Waals surface area (Å²) in [5.41, 5.74) is 0.854. The van der Waals surface area contributed by atoms with Crippen LogP contribution in [0.1, 0.15) is 27.7 Å². The number of amides is 1. The first kappa shape index (κ1) is 24.9. The van der Waals surface area contributed by atoms with Crippen molar-refractivity contribution in [2.75, 3.05) is 50.8 Å². The van der Waals surface area contributed by atoms with Crippen LogP contribution in [0, 0.1) is 5.82 Å². The number of carbonyl (C=O) groups excluding carboxylic acids is 1. The van der Waals surface area contributed by atoms with Crippen molar-refractivity contribution in [2.24, 2.45) is 0 Å². The molecule has 11 heteroatoms. The van der Waals surface area contributed by atoms with Crippen LogP contribution in [-0.4, -0.2) is 60.5 Å². The highest BCUT2D eigenvalue weighted by Crippen LogP contribution is 2.39. The van der Waals surface area contributed by atoms with E-state index in [1.807, 2.05) is 17.6 Å². The van der Waals surface area contributed by atoms with E-state index < -0.39 is 11.7 Å². The summed E-state index contributed by atoms with van der Waals surface area (Å²) in [6.45, 7) is 0.970. The SMILES string of the molecule is CNc1cnn2c1C(=O)N(c1ccc(C(F)(F)c3ccc(F)c(OC)c3)cc1)CC2CN(C)SC. The number of aromatic nitrogens is 2. The molecule has 1 atom stereocenters. The molecule has 2 aromatic carbocycles. The summed E-state index contributed by atoms with van der Waals surface area (Å²) < 4.78 is 52.7. The fraction of sp³-hybridized carbons (Fsp3) is 0.333. The van der Waals surface area contributed by atoms with Crippen LogP contribution in [0.15, 0.2) is 48.7 Å². The van der Waals surface area contributed by atoms with Gasteiger partial charge in [-0.2, -0.15) is 13.9 Å². The normalized spacial score (nSPS) is 15.9. The van der Waals surface area contributed by atoms with Gasteiger partial charge in [-0.15, -0.1) is 0 Å². The van der Waals surface area contributed by atoms with Gasteiger partial charge in [0, 0.05) is 30.4 Å². The molecule has 1 aromatic heterocycles. The van der Waals surface area contributed by atoms with Crippen molar-refractivity contribution >= 4 is 29.2 Å². The van der Waals surface area contributed by atoms with Crippen LogP contribution in [0.4, 0.5) is 24.5 Å². The Labute approximate surface area is 206 Å². The largest absolute Gasteiger partial charge is 0.494 e. The number of halogens is 3. The smallest absolute Gasteiger partial charge is 0.298 e. The maximum Gasteiger partial charge on any atom is 0.298 e. The quantitative estimate of drug-likeness (QED) is 0.451. The predicted octanol–water partition coefficient (Wildman–Crippen LogP) is 4.62. The van der Waals surface area contributed by atoms with Gasteiger partial charge in [-0.3, -0.25) is 13.8 Å². The van der Waals surface area contributed by atoms with Gasteiger partial charge in [0.25, 0.3) is 11.8 Å². The zero-order valence-electron chi connectivity index (χ0n) is 19.8. The summed E-state index contributed by atoms with van der Waals surface area (Å²) in [6.07, 6.45) is 3.58. The molecule has 2 heterocycles. The van der Waals surface area contributed by atoms with Crippen LogP contribution in [0.3, 0.4) is 0 Å². The van der Waals surface area contributed by atoms with Crippen molar-refractivity contribution in [1.29, 1.82) is 0 Å². The van der Waals surface area contributed by atoms with Gasteiger partial charge in [0.1, 0.15) is 5.69 Å². The fourth-order valence-electron chi connectivity index (χ4n) is 4.14. The second kappa shape index (κ2) is 9.82. The maximum atomic E-state index is 15.2. The van der Waals surface area contributed by atoms with E-state index in [0.717, 1.165) is 18.2 Å². The van der Waals surface area contributed by atoms with Gasteiger partial charge in [-0.25, -0.2) is 4.39 Å². The lowest BCUT2D eigenvalue weighted by Crippen LogP contribution is -2.46. The molecule has 0 fully saturated rings. The molecule has 1 aliphatic rings. The molecule has 0 saturated carbocycles. The van der Waals surface area contributed by atoms with E-state index >= 15 is 8.78 Å². The minimum atomic E-state index is -3.38. The lowest BCUT2D eigenvalue weighted by Gasteiger charge is -2.35. The molecule has 0 spiro atoms. The van der Waals surface area contributed by atoms with E-state index in [1.54, 1.807) is 34.8 Å². The first-order valence-electron chi connectivity index (χ1n) is 10.9. The van der Waals surface area contributed by atoms with E-state index in [4.69, 9.17) is 4.74 Å². The number of likely N-dealkylation sites (N-methyl/N-ethyl adjacent to an activating group) is 1. The van der Waals surface area contributed by atoms with Crippen LogP contribution in [0.2, 0.25) is 0 Å². The van der Waals surface area contributed by atoms with Gasteiger partial charge in [0.2, 0.25) is 0 Å². The number of anilines is 2. The van der Waals surface area contributed by atoms with Crippen molar-refractivity contribution in [1.82, 2.24) is 14.1 Å². The number of hydrogen-bond donors (Lipinski definition) is 1. The molecule has 7 nitrogen and oxygen atoms in total. The van der Waals surface area contributed by atoms with E-state index in [9.17, 15) is 9.18 Å². The van der Waals surface area contributed by atoms with Gasteiger partial charge >= 0.3 is 0 Å². The van der Waals surface area contributed by atoms with Crippen LogP contribution >= 0.6 is 11.9 Å². The molecule has 1 unspecified atom stereocenters. The van der Waals surface area contributed by atoms with E-state index in [1.165, 1.54) is 31.4 Å². The van der Waals surface area contributed by atoms with Gasteiger partial charge in [0.15, 0.2) is 11.6 Å². The molecule has 1 aliphatic heterocycles. The second-order valence-corrected chi connectivity index (χ2v) is 9.12. The summed E-state index contributed by atoms with van der Waals surface area (Å²) in [7, 11) is 4.89. The molecule has 4 rings (SSSR count). The predicted molar refractivity (Wildman–Crippen MR) is 131 cm³/mol. The first-order valence-corrected chi connectivity index (χ1v) is 12.0. The minimum Gasteiger partial charge on any atom is -0.494 e. The Morgan fingerprint density at radius 3 is 2.54 bits per heavy atom. The Kier molecular flexibility index (Phi) is 7.00.